The average Bonchev–Trinajstić information content (AvgIpc) is 2.79. The molecule has 1 aliphatic rings. The van der Waals surface area contributed by atoms with E-state index < -0.39 is 5.92 Å². The summed E-state index contributed by atoms with van der Waals surface area (Å²) < 4.78 is 0. The van der Waals surface area contributed by atoms with Gasteiger partial charge in [0.15, 0.2) is 0 Å². The Bertz CT molecular complexity index is 536. The van der Waals surface area contributed by atoms with Crippen LogP contribution in [0, 0.1) is 19.8 Å². The van der Waals surface area contributed by atoms with Gasteiger partial charge in [-0.1, -0.05) is 6.07 Å². The monoisotopic (exact) mass is 290 g/mol. The Labute approximate surface area is 125 Å². The maximum absolute atomic E-state index is 12.4. The van der Waals surface area contributed by atoms with E-state index in [0.29, 0.717) is 13.0 Å². The van der Waals surface area contributed by atoms with Gasteiger partial charge in [-0.25, -0.2) is 0 Å². The summed E-state index contributed by atoms with van der Waals surface area (Å²) >= 11 is 0. The Balaban J connectivity index is 2.12. The number of nitrogens with one attached hydrogen (secondary N) is 1. The van der Waals surface area contributed by atoms with Crippen molar-refractivity contribution in [3.05, 3.63) is 29.3 Å². The maximum atomic E-state index is 12.4. The van der Waals surface area contributed by atoms with Crippen LogP contribution in [0.25, 0.3) is 0 Å². The first-order chi connectivity index (χ1) is 9.92. The Hall–Kier alpha value is -1.88. The van der Waals surface area contributed by atoms with Crippen LogP contribution in [-0.2, 0) is 9.59 Å². The number of nitrogens with zero attached hydrogens (tertiary/aromatic N) is 1. The summed E-state index contributed by atoms with van der Waals surface area (Å²) in [5.74, 6) is -1.11. The van der Waals surface area contributed by atoms with E-state index in [1.807, 2.05) is 26.0 Å². The van der Waals surface area contributed by atoms with Gasteiger partial charge in [0.05, 0.1) is 6.61 Å². The number of hydrogen-bond donors (Lipinski definition) is 2. The first-order valence-corrected chi connectivity index (χ1v) is 7.23. The highest BCUT2D eigenvalue weighted by Crippen LogP contribution is 2.27. The number of aliphatic hydroxyl groups is 1. The van der Waals surface area contributed by atoms with Crippen molar-refractivity contribution in [2.24, 2.45) is 5.92 Å². The third-order valence-electron chi connectivity index (χ3n) is 3.70. The highest BCUT2D eigenvalue weighted by Gasteiger charge is 2.37. The van der Waals surface area contributed by atoms with Gasteiger partial charge in [0.1, 0.15) is 5.92 Å². The van der Waals surface area contributed by atoms with Gasteiger partial charge in [-0.15, -0.1) is 0 Å². The lowest BCUT2D eigenvalue weighted by Gasteiger charge is -2.19. The van der Waals surface area contributed by atoms with E-state index in [2.05, 4.69) is 11.4 Å². The van der Waals surface area contributed by atoms with Crippen molar-refractivity contribution in [2.75, 3.05) is 18.1 Å². The van der Waals surface area contributed by atoms with Crippen LogP contribution < -0.4 is 10.2 Å². The number of aliphatic hydroxyl groups excluding tert-OH is 1. The fourth-order valence-electron chi connectivity index (χ4n) is 2.68. The van der Waals surface area contributed by atoms with Crippen molar-refractivity contribution in [1.82, 2.24) is 5.32 Å². The molecule has 2 amide bonds. The zero-order valence-corrected chi connectivity index (χ0v) is 12.7. The van der Waals surface area contributed by atoms with E-state index in [-0.39, 0.29) is 24.5 Å². The number of amides is 2. The molecule has 2 N–H and O–H groups in total. The molecule has 0 spiro atoms. The number of carbonyl (C=O) groups excluding carboxylic acids is 2. The van der Waals surface area contributed by atoms with Crippen LogP contribution in [0.3, 0.4) is 0 Å². The molecule has 114 valence electrons. The van der Waals surface area contributed by atoms with Gasteiger partial charge in [-0.05, 0) is 50.5 Å². The van der Waals surface area contributed by atoms with Gasteiger partial charge in [-0.2, -0.15) is 0 Å². The molecule has 1 saturated heterocycles. The molecule has 2 unspecified atom stereocenters. The molecule has 1 aliphatic heterocycles. The molecule has 2 atom stereocenters. The van der Waals surface area contributed by atoms with Gasteiger partial charge >= 0.3 is 0 Å². The van der Waals surface area contributed by atoms with Crippen molar-refractivity contribution in [3.63, 3.8) is 0 Å². The Morgan fingerprint density at radius 3 is 2.57 bits per heavy atom. The minimum absolute atomic E-state index is 0.132. The molecule has 5 nitrogen and oxygen atoms in total. The summed E-state index contributed by atoms with van der Waals surface area (Å²) in [5, 5.41) is 11.6. The topological polar surface area (TPSA) is 69.6 Å². The standard InChI is InChI=1S/C16H22N2O3/c1-10-6-11(2)8-13(7-10)18-5-4-14(16(18)21)15(20)17-12(3)9-19/h6-8,12,14,19H,4-5,9H2,1-3H3,(H,17,20). The molecule has 0 saturated carbocycles. The predicted octanol–water partition coefficient (Wildman–Crippen LogP) is 1.15. The number of aryl methyl sites for hydroxylation is 2. The number of carbonyl (C=O) groups is 2. The molecule has 1 fully saturated rings. The van der Waals surface area contributed by atoms with E-state index in [1.165, 1.54) is 0 Å². The Kier molecular flexibility index (Phi) is 4.63. The second-order valence-electron chi connectivity index (χ2n) is 5.77. The molecular weight excluding hydrogens is 268 g/mol. The molecule has 1 aromatic carbocycles. The van der Waals surface area contributed by atoms with Crippen LogP contribution in [0.15, 0.2) is 18.2 Å². The molecule has 0 aromatic heterocycles. The molecule has 0 radical (unpaired) electrons. The van der Waals surface area contributed by atoms with Crippen LogP contribution in [0.5, 0.6) is 0 Å². The lowest BCUT2D eigenvalue weighted by atomic mass is 10.1. The second kappa shape index (κ2) is 6.26. The summed E-state index contributed by atoms with van der Waals surface area (Å²) in [6, 6.07) is 5.64. The van der Waals surface area contributed by atoms with Gasteiger partial charge in [-0.3, -0.25) is 9.59 Å². The van der Waals surface area contributed by atoms with Gasteiger partial charge in [0, 0.05) is 18.3 Å². The number of benzene rings is 1. The van der Waals surface area contributed by atoms with Crippen LogP contribution in [-0.4, -0.2) is 36.1 Å². The van der Waals surface area contributed by atoms with E-state index in [9.17, 15) is 9.59 Å². The summed E-state index contributed by atoms with van der Waals surface area (Å²) in [6.45, 7) is 6.11. The number of rotatable bonds is 4. The summed E-state index contributed by atoms with van der Waals surface area (Å²) in [5.41, 5.74) is 3.04. The van der Waals surface area contributed by atoms with Crippen molar-refractivity contribution in [2.45, 2.75) is 33.2 Å². The molecule has 2 rings (SSSR count). The normalized spacial score (nSPS) is 19.7. The number of anilines is 1. The Morgan fingerprint density at radius 1 is 1.38 bits per heavy atom. The summed E-state index contributed by atoms with van der Waals surface area (Å²) in [4.78, 5) is 26.2. The summed E-state index contributed by atoms with van der Waals surface area (Å²) in [7, 11) is 0. The smallest absolute Gasteiger partial charge is 0.239 e. The first kappa shape index (κ1) is 15.5. The molecule has 0 aliphatic carbocycles. The third-order valence-corrected chi connectivity index (χ3v) is 3.70. The van der Waals surface area contributed by atoms with E-state index in [0.717, 1.165) is 16.8 Å². The predicted molar refractivity (Wildman–Crippen MR) is 81.1 cm³/mol. The minimum Gasteiger partial charge on any atom is -0.394 e. The number of hydrogen-bond acceptors (Lipinski definition) is 3. The molecule has 5 heteroatoms. The van der Waals surface area contributed by atoms with Crippen molar-refractivity contribution < 1.29 is 14.7 Å². The third kappa shape index (κ3) is 3.42. The van der Waals surface area contributed by atoms with Gasteiger partial charge < -0.3 is 15.3 Å². The van der Waals surface area contributed by atoms with Crippen LogP contribution in [0.4, 0.5) is 5.69 Å². The molecular formula is C16H22N2O3. The lowest BCUT2D eigenvalue weighted by molar-refractivity contribution is -0.132. The van der Waals surface area contributed by atoms with E-state index >= 15 is 0 Å². The zero-order chi connectivity index (χ0) is 15.6. The van der Waals surface area contributed by atoms with E-state index in [4.69, 9.17) is 5.11 Å². The molecule has 0 bridgehead atoms. The zero-order valence-electron chi connectivity index (χ0n) is 12.7. The highest BCUT2D eigenvalue weighted by molar-refractivity contribution is 6.09. The van der Waals surface area contributed by atoms with Crippen LogP contribution in [0.2, 0.25) is 0 Å². The highest BCUT2D eigenvalue weighted by atomic mass is 16.3. The molecule has 21 heavy (non-hydrogen) atoms. The summed E-state index contributed by atoms with van der Waals surface area (Å²) in [6.07, 6.45) is 0.510. The van der Waals surface area contributed by atoms with Crippen molar-refractivity contribution >= 4 is 17.5 Å². The molecule has 1 aromatic rings. The van der Waals surface area contributed by atoms with E-state index in [1.54, 1.807) is 11.8 Å². The van der Waals surface area contributed by atoms with Gasteiger partial charge in [0.25, 0.3) is 0 Å². The first-order valence-electron chi connectivity index (χ1n) is 7.23. The molecule has 1 heterocycles. The van der Waals surface area contributed by atoms with Crippen LogP contribution in [0.1, 0.15) is 24.5 Å². The van der Waals surface area contributed by atoms with Crippen molar-refractivity contribution in [3.8, 4) is 0 Å². The lowest BCUT2D eigenvalue weighted by Crippen LogP contribution is -2.42. The van der Waals surface area contributed by atoms with Crippen LogP contribution >= 0.6 is 0 Å². The minimum atomic E-state index is -0.653. The average molecular weight is 290 g/mol. The largest absolute Gasteiger partial charge is 0.394 e. The SMILES string of the molecule is Cc1cc(C)cc(N2CCC(C(=O)NC(C)CO)C2=O)c1. The van der Waals surface area contributed by atoms with Gasteiger partial charge in [0.2, 0.25) is 11.8 Å². The fourth-order valence-corrected chi connectivity index (χ4v) is 2.68. The van der Waals surface area contributed by atoms with Crippen molar-refractivity contribution in [1.29, 1.82) is 0 Å². The Morgan fingerprint density at radius 2 is 2.00 bits per heavy atom. The maximum Gasteiger partial charge on any atom is 0.239 e. The fraction of sp³-hybridized carbons (Fsp3) is 0.500. The quantitative estimate of drug-likeness (QED) is 0.817. The second-order valence-corrected chi connectivity index (χ2v) is 5.77.